The van der Waals surface area contributed by atoms with Gasteiger partial charge in [0.15, 0.2) is 0 Å². The van der Waals surface area contributed by atoms with E-state index in [1.807, 2.05) is 6.92 Å². The van der Waals surface area contributed by atoms with E-state index < -0.39 is 10.8 Å². The van der Waals surface area contributed by atoms with Crippen molar-refractivity contribution in [3.63, 3.8) is 0 Å². The Labute approximate surface area is 64.6 Å². The maximum absolute atomic E-state index is 10.9. The minimum Gasteiger partial charge on any atom is -0.255 e. The van der Waals surface area contributed by atoms with Crippen molar-refractivity contribution in [1.29, 1.82) is 0 Å². The Kier molecular flexibility index (Phi) is 3.96. The van der Waals surface area contributed by atoms with Crippen molar-refractivity contribution >= 4 is 10.8 Å². The largest absolute Gasteiger partial charge is 0.255 e. The average molecular weight is 156 g/mol. The molecule has 0 fully saturated rings. The van der Waals surface area contributed by atoms with Crippen molar-refractivity contribution in [3.05, 3.63) is 35.8 Å². The zero-order chi connectivity index (χ0) is 8.15. The number of hydrogen-bond acceptors (Lipinski definition) is 1. The molecule has 0 heterocycles. The third-order valence-corrected chi connectivity index (χ3v) is 2.30. The Bertz CT molecular complexity index is 201. The second-order valence-corrected chi connectivity index (χ2v) is 3.26. The summed E-state index contributed by atoms with van der Waals surface area (Å²) in [6.07, 6.45) is 4.91. The van der Waals surface area contributed by atoms with Crippen LogP contribution in [0.3, 0.4) is 0 Å². The van der Waals surface area contributed by atoms with Gasteiger partial charge in [-0.3, -0.25) is 4.21 Å². The Morgan fingerprint density at radius 1 is 1.40 bits per heavy atom. The molecule has 0 aromatic heterocycles. The average Bonchev–Trinajstić information content (AvgIpc) is 1.88. The minimum absolute atomic E-state index is 0.759. The van der Waals surface area contributed by atoms with Crippen LogP contribution in [0.15, 0.2) is 35.8 Å². The molecule has 1 atom stereocenters. The van der Waals surface area contributed by atoms with Gasteiger partial charge in [-0.15, -0.1) is 0 Å². The highest BCUT2D eigenvalue weighted by Crippen LogP contribution is 2.08. The van der Waals surface area contributed by atoms with Crippen molar-refractivity contribution in [2.75, 3.05) is 6.26 Å². The van der Waals surface area contributed by atoms with Crippen molar-refractivity contribution in [1.82, 2.24) is 0 Å². The predicted octanol–water partition coefficient (Wildman–Crippen LogP) is 2.01. The molecular weight excluding hydrogens is 144 g/mol. The van der Waals surface area contributed by atoms with Crippen molar-refractivity contribution in [3.8, 4) is 0 Å². The van der Waals surface area contributed by atoms with Crippen LogP contribution in [0, 0.1) is 0 Å². The summed E-state index contributed by atoms with van der Waals surface area (Å²) in [6, 6.07) is 0. The van der Waals surface area contributed by atoms with E-state index in [9.17, 15) is 4.21 Å². The molecule has 56 valence electrons. The van der Waals surface area contributed by atoms with Gasteiger partial charge in [-0.2, -0.15) is 0 Å². The molecule has 0 N–H and O–H groups in total. The van der Waals surface area contributed by atoms with Crippen LogP contribution in [0.4, 0.5) is 0 Å². The fraction of sp³-hybridized carbons (Fsp3) is 0.250. The first-order valence-corrected chi connectivity index (χ1v) is 4.48. The van der Waals surface area contributed by atoms with Crippen LogP contribution in [0.5, 0.6) is 0 Å². The monoisotopic (exact) mass is 156 g/mol. The third-order valence-electron chi connectivity index (χ3n) is 1.19. The number of allylic oxidation sites excluding steroid dienone is 3. The Morgan fingerprint density at radius 2 is 1.90 bits per heavy atom. The van der Waals surface area contributed by atoms with Crippen LogP contribution < -0.4 is 0 Å². The first-order chi connectivity index (χ1) is 4.63. The minimum atomic E-state index is -0.943. The summed E-state index contributed by atoms with van der Waals surface area (Å²) in [6.45, 7) is 8.99. The molecule has 0 saturated carbocycles. The lowest BCUT2D eigenvalue weighted by molar-refractivity contribution is 0.690. The molecule has 0 aliphatic heterocycles. The molecule has 0 saturated heterocycles. The van der Waals surface area contributed by atoms with Crippen molar-refractivity contribution < 1.29 is 4.21 Å². The first-order valence-electron chi connectivity index (χ1n) is 2.92. The summed E-state index contributed by atoms with van der Waals surface area (Å²) in [5, 5.41) is 0. The van der Waals surface area contributed by atoms with Crippen molar-refractivity contribution in [2.45, 2.75) is 6.92 Å². The molecule has 0 aromatic carbocycles. The molecular formula is C8H12OS. The Balaban J connectivity index is 4.79. The van der Waals surface area contributed by atoms with E-state index in [0.29, 0.717) is 0 Å². The molecule has 2 heteroatoms. The summed E-state index contributed by atoms with van der Waals surface area (Å²) in [4.78, 5) is 0.759. The fourth-order valence-electron chi connectivity index (χ4n) is 0.606. The lowest BCUT2D eigenvalue weighted by Gasteiger charge is -1.98. The van der Waals surface area contributed by atoms with Gasteiger partial charge in [0.2, 0.25) is 0 Å². The lowest BCUT2D eigenvalue weighted by atomic mass is 10.3. The number of rotatable bonds is 3. The topological polar surface area (TPSA) is 17.1 Å². The highest BCUT2D eigenvalue weighted by Gasteiger charge is 1.98. The Hall–Kier alpha value is -0.630. The van der Waals surface area contributed by atoms with Gasteiger partial charge in [-0.25, -0.2) is 0 Å². The molecule has 0 radical (unpaired) electrons. The van der Waals surface area contributed by atoms with Gasteiger partial charge in [-0.1, -0.05) is 25.3 Å². The van der Waals surface area contributed by atoms with Gasteiger partial charge >= 0.3 is 0 Å². The zero-order valence-corrected chi connectivity index (χ0v) is 7.20. The summed E-state index contributed by atoms with van der Waals surface area (Å²) in [5.74, 6) is 0. The van der Waals surface area contributed by atoms with E-state index >= 15 is 0 Å². The predicted molar refractivity (Wildman–Crippen MR) is 47.2 cm³/mol. The third kappa shape index (κ3) is 2.31. The molecule has 0 aromatic rings. The fourth-order valence-corrected chi connectivity index (χ4v) is 1.38. The Morgan fingerprint density at radius 3 is 2.00 bits per heavy atom. The van der Waals surface area contributed by atoms with E-state index in [1.54, 1.807) is 18.4 Å². The number of hydrogen-bond donors (Lipinski definition) is 0. The van der Waals surface area contributed by atoms with Crippen LogP contribution in [0.25, 0.3) is 0 Å². The SMILES string of the molecule is C=C/C(C)=C(\C=C)S(C)=O. The smallest absolute Gasteiger partial charge is 0.0500 e. The summed E-state index contributed by atoms with van der Waals surface area (Å²) < 4.78 is 10.9. The summed E-state index contributed by atoms with van der Waals surface area (Å²) in [5.41, 5.74) is 0.927. The maximum Gasteiger partial charge on any atom is 0.0500 e. The summed E-state index contributed by atoms with van der Waals surface area (Å²) in [7, 11) is -0.943. The molecule has 0 bridgehead atoms. The van der Waals surface area contributed by atoms with Crippen molar-refractivity contribution in [2.24, 2.45) is 0 Å². The van der Waals surface area contributed by atoms with Crippen LogP contribution in [0.1, 0.15) is 6.92 Å². The van der Waals surface area contributed by atoms with Gasteiger partial charge in [0.05, 0.1) is 10.8 Å². The second kappa shape index (κ2) is 4.23. The highest BCUT2D eigenvalue weighted by molar-refractivity contribution is 7.88. The van der Waals surface area contributed by atoms with Crippen LogP contribution >= 0.6 is 0 Å². The van der Waals surface area contributed by atoms with Gasteiger partial charge < -0.3 is 0 Å². The van der Waals surface area contributed by atoms with E-state index in [1.165, 1.54) is 0 Å². The molecule has 0 amide bonds. The normalized spacial score (nSPS) is 15.4. The molecule has 10 heavy (non-hydrogen) atoms. The van der Waals surface area contributed by atoms with E-state index in [0.717, 1.165) is 10.5 Å². The molecule has 1 unspecified atom stereocenters. The zero-order valence-electron chi connectivity index (χ0n) is 6.39. The quantitative estimate of drug-likeness (QED) is 0.571. The summed E-state index contributed by atoms with van der Waals surface area (Å²) >= 11 is 0. The van der Waals surface area contributed by atoms with Gasteiger partial charge in [0.25, 0.3) is 0 Å². The van der Waals surface area contributed by atoms with Crippen LogP contribution in [-0.4, -0.2) is 10.5 Å². The molecule has 0 spiro atoms. The van der Waals surface area contributed by atoms with Gasteiger partial charge in [-0.05, 0) is 12.5 Å². The second-order valence-electron chi connectivity index (χ2n) is 1.91. The molecule has 1 nitrogen and oxygen atoms in total. The van der Waals surface area contributed by atoms with E-state index in [2.05, 4.69) is 13.2 Å². The highest BCUT2D eigenvalue weighted by atomic mass is 32.2. The van der Waals surface area contributed by atoms with Crippen LogP contribution in [0.2, 0.25) is 0 Å². The van der Waals surface area contributed by atoms with E-state index in [4.69, 9.17) is 0 Å². The first kappa shape index (κ1) is 9.37. The molecule has 0 rings (SSSR count). The van der Waals surface area contributed by atoms with Gasteiger partial charge in [0.1, 0.15) is 0 Å². The van der Waals surface area contributed by atoms with Gasteiger partial charge in [0, 0.05) is 11.2 Å². The van der Waals surface area contributed by atoms with Crippen LogP contribution in [-0.2, 0) is 10.8 Å². The lowest BCUT2D eigenvalue weighted by Crippen LogP contribution is -1.90. The van der Waals surface area contributed by atoms with E-state index in [-0.39, 0.29) is 0 Å². The molecule has 0 aliphatic rings. The molecule has 0 aliphatic carbocycles. The standard InChI is InChI=1S/C8H12OS/c1-5-7(3)8(6-2)10(4)9/h5-6H,1-2H2,3-4H3/b8-7+. The maximum atomic E-state index is 10.9.